The summed E-state index contributed by atoms with van der Waals surface area (Å²) in [6, 6.07) is 0.332. The van der Waals surface area contributed by atoms with Crippen LogP contribution >= 0.6 is 0 Å². The smallest absolute Gasteiger partial charge is 0.0745 e. The van der Waals surface area contributed by atoms with E-state index in [1.807, 2.05) is 0 Å². The zero-order chi connectivity index (χ0) is 7.56. The molecule has 10 heavy (non-hydrogen) atoms. The first-order valence-electron chi connectivity index (χ1n) is 3.73. The first kappa shape index (κ1) is 7.98. The van der Waals surface area contributed by atoms with E-state index in [2.05, 4.69) is 0 Å². The van der Waals surface area contributed by atoms with E-state index in [0.717, 1.165) is 12.8 Å². The lowest BCUT2D eigenvalue weighted by atomic mass is 9.90. The molecule has 1 saturated carbocycles. The lowest BCUT2D eigenvalue weighted by Gasteiger charge is -2.32. The van der Waals surface area contributed by atoms with E-state index in [0.29, 0.717) is 18.8 Å². The van der Waals surface area contributed by atoms with Crippen molar-refractivity contribution in [2.45, 2.75) is 38.0 Å². The largest absolute Gasteiger partial charge is 0.391 e. The average Bonchev–Trinajstić information content (AvgIpc) is 1.77. The molecule has 3 heteroatoms. The molecule has 1 unspecified atom stereocenters. The summed E-state index contributed by atoms with van der Waals surface area (Å²) in [5.74, 6) is 0. The standard InChI is InChI=1S/C7H15NO2/c1-5(9)4-10-7-2-6(8)3-7/h5-7,9H,2-4,8H2,1H3. The van der Waals surface area contributed by atoms with Gasteiger partial charge in [0.2, 0.25) is 0 Å². The highest BCUT2D eigenvalue weighted by Crippen LogP contribution is 2.20. The van der Waals surface area contributed by atoms with E-state index in [9.17, 15) is 0 Å². The van der Waals surface area contributed by atoms with Crippen molar-refractivity contribution in [1.82, 2.24) is 0 Å². The van der Waals surface area contributed by atoms with Gasteiger partial charge in [0.15, 0.2) is 0 Å². The molecule has 3 nitrogen and oxygen atoms in total. The Morgan fingerprint density at radius 2 is 2.30 bits per heavy atom. The molecule has 1 rings (SSSR count). The maximum atomic E-state index is 8.83. The summed E-state index contributed by atoms with van der Waals surface area (Å²) in [6.07, 6.45) is 1.86. The Kier molecular flexibility index (Phi) is 2.65. The summed E-state index contributed by atoms with van der Waals surface area (Å²) in [5.41, 5.74) is 5.53. The molecule has 0 saturated heterocycles. The molecular weight excluding hydrogens is 130 g/mol. The third-order valence-electron chi connectivity index (χ3n) is 1.70. The maximum Gasteiger partial charge on any atom is 0.0745 e. The van der Waals surface area contributed by atoms with E-state index in [-0.39, 0.29) is 6.10 Å². The predicted molar refractivity (Wildman–Crippen MR) is 38.6 cm³/mol. The second-order valence-electron chi connectivity index (χ2n) is 3.04. The molecule has 0 aromatic rings. The molecule has 1 atom stereocenters. The predicted octanol–water partition coefficient (Wildman–Crippen LogP) is -0.127. The van der Waals surface area contributed by atoms with Crippen LogP contribution < -0.4 is 5.73 Å². The van der Waals surface area contributed by atoms with E-state index < -0.39 is 0 Å². The van der Waals surface area contributed by atoms with Crippen molar-refractivity contribution in [3.8, 4) is 0 Å². The number of aliphatic hydroxyl groups excluding tert-OH is 1. The van der Waals surface area contributed by atoms with Gasteiger partial charge in [-0.05, 0) is 19.8 Å². The summed E-state index contributed by atoms with van der Waals surface area (Å²) >= 11 is 0. The minimum atomic E-state index is -0.350. The van der Waals surface area contributed by atoms with Crippen LogP contribution in [0, 0.1) is 0 Å². The summed E-state index contributed by atoms with van der Waals surface area (Å²) in [6.45, 7) is 2.16. The van der Waals surface area contributed by atoms with Crippen LogP contribution in [0.15, 0.2) is 0 Å². The van der Waals surface area contributed by atoms with E-state index in [4.69, 9.17) is 15.6 Å². The molecule has 0 heterocycles. The van der Waals surface area contributed by atoms with Gasteiger partial charge in [-0.25, -0.2) is 0 Å². The van der Waals surface area contributed by atoms with Crippen molar-refractivity contribution in [3.63, 3.8) is 0 Å². The monoisotopic (exact) mass is 145 g/mol. The van der Waals surface area contributed by atoms with Crippen LogP contribution in [0.4, 0.5) is 0 Å². The lowest BCUT2D eigenvalue weighted by molar-refractivity contribution is -0.0441. The number of ether oxygens (including phenoxy) is 1. The number of hydrogen-bond donors (Lipinski definition) is 2. The Bertz CT molecular complexity index is 99.8. The van der Waals surface area contributed by atoms with Crippen LogP contribution in [0.25, 0.3) is 0 Å². The van der Waals surface area contributed by atoms with Gasteiger partial charge in [-0.15, -0.1) is 0 Å². The van der Waals surface area contributed by atoms with Crippen LogP contribution in [-0.2, 0) is 4.74 Å². The first-order chi connectivity index (χ1) is 4.68. The Labute approximate surface area is 61.2 Å². The van der Waals surface area contributed by atoms with Crippen LogP contribution in [-0.4, -0.2) is 30.0 Å². The van der Waals surface area contributed by atoms with Gasteiger partial charge in [-0.3, -0.25) is 0 Å². The van der Waals surface area contributed by atoms with E-state index >= 15 is 0 Å². The highest BCUT2D eigenvalue weighted by atomic mass is 16.5. The Morgan fingerprint density at radius 1 is 1.70 bits per heavy atom. The fourth-order valence-electron chi connectivity index (χ4n) is 1.02. The molecule has 0 aromatic heterocycles. The van der Waals surface area contributed by atoms with Crippen molar-refractivity contribution in [2.75, 3.05) is 6.61 Å². The summed E-state index contributed by atoms with van der Waals surface area (Å²) < 4.78 is 5.28. The van der Waals surface area contributed by atoms with Crippen LogP contribution in [0.1, 0.15) is 19.8 Å². The number of rotatable bonds is 3. The fraction of sp³-hybridized carbons (Fsp3) is 1.00. The molecule has 0 bridgehead atoms. The molecular formula is C7H15NO2. The second kappa shape index (κ2) is 3.32. The van der Waals surface area contributed by atoms with Gasteiger partial charge >= 0.3 is 0 Å². The van der Waals surface area contributed by atoms with E-state index in [1.165, 1.54) is 0 Å². The number of hydrogen-bond acceptors (Lipinski definition) is 3. The quantitative estimate of drug-likeness (QED) is 0.582. The van der Waals surface area contributed by atoms with Crippen molar-refractivity contribution in [1.29, 1.82) is 0 Å². The molecule has 1 fully saturated rings. The lowest BCUT2D eigenvalue weighted by Crippen LogP contribution is -2.42. The summed E-state index contributed by atoms with van der Waals surface area (Å²) in [4.78, 5) is 0. The van der Waals surface area contributed by atoms with E-state index in [1.54, 1.807) is 6.92 Å². The minimum absolute atomic E-state index is 0.310. The summed E-state index contributed by atoms with van der Waals surface area (Å²) in [7, 11) is 0. The Hall–Kier alpha value is -0.120. The van der Waals surface area contributed by atoms with Crippen LogP contribution in [0.2, 0.25) is 0 Å². The molecule has 60 valence electrons. The number of aliphatic hydroxyl groups is 1. The van der Waals surface area contributed by atoms with Crippen molar-refractivity contribution < 1.29 is 9.84 Å². The normalized spacial score (nSPS) is 35.1. The maximum absolute atomic E-state index is 8.83. The molecule has 0 aliphatic heterocycles. The molecule has 0 aromatic carbocycles. The third-order valence-corrected chi connectivity index (χ3v) is 1.70. The highest BCUT2D eigenvalue weighted by Gasteiger charge is 2.26. The molecule has 0 amide bonds. The van der Waals surface area contributed by atoms with Gasteiger partial charge in [0, 0.05) is 6.04 Å². The van der Waals surface area contributed by atoms with Crippen molar-refractivity contribution in [2.24, 2.45) is 5.73 Å². The minimum Gasteiger partial charge on any atom is -0.391 e. The Morgan fingerprint density at radius 3 is 2.70 bits per heavy atom. The molecule has 1 aliphatic carbocycles. The Balaban J connectivity index is 1.95. The number of nitrogens with two attached hydrogens (primary N) is 1. The average molecular weight is 145 g/mol. The molecule has 1 aliphatic rings. The molecule has 0 radical (unpaired) electrons. The van der Waals surface area contributed by atoms with Crippen molar-refractivity contribution in [3.05, 3.63) is 0 Å². The van der Waals surface area contributed by atoms with Crippen molar-refractivity contribution >= 4 is 0 Å². The van der Waals surface area contributed by atoms with Gasteiger partial charge < -0.3 is 15.6 Å². The topological polar surface area (TPSA) is 55.5 Å². The van der Waals surface area contributed by atoms with Crippen LogP contribution in [0.3, 0.4) is 0 Å². The third kappa shape index (κ3) is 2.25. The van der Waals surface area contributed by atoms with Gasteiger partial charge in [0.1, 0.15) is 0 Å². The zero-order valence-corrected chi connectivity index (χ0v) is 6.29. The first-order valence-corrected chi connectivity index (χ1v) is 3.73. The van der Waals surface area contributed by atoms with Gasteiger partial charge in [-0.2, -0.15) is 0 Å². The second-order valence-corrected chi connectivity index (χ2v) is 3.04. The van der Waals surface area contributed by atoms with Gasteiger partial charge in [0.05, 0.1) is 18.8 Å². The fourth-order valence-corrected chi connectivity index (χ4v) is 1.02. The SMILES string of the molecule is CC(O)COC1CC(N)C1. The van der Waals surface area contributed by atoms with Gasteiger partial charge in [-0.1, -0.05) is 0 Å². The summed E-state index contributed by atoms with van der Waals surface area (Å²) in [5, 5.41) is 8.83. The van der Waals surface area contributed by atoms with Gasteiger partial charge in [0.25, 0.3) is 0 Å². The highest BCUT2D eigenvalue weighted by molar-refractivity contribution is 4.82. The molecule has 3 N–H and O–H groups in total. The molecule has 0 spiro atoms. The van der Waals surface area contributed by atoms with Crippen LogP contribution in [0.5, 0.6) is 0 Å². The zero-order valence-electron chi connectivity index (χ0n) is 6.29.